The van der Waals surface area contributed by atoms with Gasteiger partial charge in [0.25, 0.3) is 0 Å². The van der Waals surface area contributed by atoms with Gasteiger partial charge in [-0.15, -0.1) is 0 Å². The van der Waals surface area contributed by atoms with Crippen LogP contribution in [-0.4, -0.2) is 43.5 Å². The van der Waals surface area contributed by atoms with Gasteiger partial charge in [0.05, 0.1) is 10.6 Å². The zero-order valence-electron chi connectivity index (χ0n) is 27.9. The fraction of sp³-hybridized carbons (Fsp3) is 0.225. The van der Waals surface area contributed by atoms with Crippen LogP contribution in [0.1, 0.15) is 47.1 Å². The number of rotatable bonds is 11. The summed E-state index contributed by atoms with van der Waals surface area (Å²) in [6.07, 6.45) is 8.94. The number of carboxylic acid groups (broad SMARTS) is 1. The average Bonchev–Trinajstić information content (AvgIpc) is 3.59. The topological polar surface area (TPSA) is 135 Å². The van der Waals surface area contributed by atoms with E-state index in [1.807, 2.05) is 47.4 Å². The maximum absolute atomic E-state index is 12.0. The quantitative estimate of drug-likeness (QED) is 0.140. The van der Waals surface area contributed by atoms with Crippen LogP contribution >= 0.6 is 11.6 Å². The number of nitrogens with zero attached hydrogens (tertiary/aromatic N) is 5. The third-order valence-electron chi connectivity index (χ3n) is 9.16. The lowest BCUT2D eigenvalue weighted by atomic mass is 9.96. The summed E-state index contributed by atoms with van der Waals surface area (Å²) >= 11 is 6.83. The van der Waals surface area contributed by atoms with Crippen molar-refractivity contribution in [2.24, 2.45) is 0 Å². The zero-order valence-corrected chi connectivity index (χ0v) is 28.6. The molecule has 0 bridgehead atoms. The van der Waals surface area contributed by atoms with Crippen LogP contribution in [-0.2, 0) is 24.6 Å². The van der Waals surface area contributed by atoms with E-state index >= 15 is 0 Å². The van der Waals surface area contributed by atoms with Gasteiger partial charge in [-0.3, -0.25) is 19.7 Å². The number of carboxylic acids is 1. The first-order valence-electron chi connectivity index (χ1n) is 16.6. The molecule has 11 heteroatoms. The fourth-order valence-corrected chi connectivity index (χ4v) is 6.67. The maximum Gasteiger partial charge on any atom is 0.320 e. The van der Waals surface area contributed by atoms with E-state index < -0.39 is 12.0 Å². The van der Waals surface area contributed by atoms with Crippen molar-refractivity contribution >= 4 is 28.7 Å². The summed E-state index contributed by atoms with van der Waals surface area (Å²) in [5, 5.41) is 19.6. The Labute approximate surface area is 299 Å². The van der Waals surface area contributed by atoms with Gasteiger partial charge < -0.3 is 19.0 Å². The molecule has 6 aromatic rings. The second-order valence-electron chi connectivity index (χ2n) is 12.5. The lowest BCUT2D eigenvalue weighted by molar-refractivity contribution is -0.144. The van der Waals surface area contributed by atoms with Crippen molar-refractivity contribution in [3.05, 3.63) is 124 Å². The highest BCUT2D eigenvalue weighted by molar-refractivity contribution is 6.32. The van der Waals surface area contributed by atoms with Gasteiger partial charge >= 0.3 is 5.97 Å². The van der Waals surface area contributed by atoms with Crippen LogP contribution in [0, 0.1) is 18.3 Å². The molecule has 0 unspecified atom stereocenters. The van der Waals surface area contributed by atoms with Gasteiger partial charge in [-0.05, 0) is 85.0 Å². The first-order valence-corrected chi connectivity index (χ1v) is 17.0. The van der Waals surface area contributed by atoms with Gasteiger partial charge in [-0.2, -0.15) is 5.26 Å². The maximum atomic E-state index is 12.0. The number of piperidine rings is 1. The summed E-state index contributed by atoms with van der Waals surface area (Å²) in [6, 6.07) is 22.6. The van der Waals surface area contributed by atoms with Crippen LogP contribution in [0.3, 0.4) is 0 Å². The smallest absolute Gasteiger partial charge is 0.320 e. The molecule has 4 heterocycles. The van der Waals surface area contributed by atoms with Crippen molar-refractivity contribution in [1.82, 2.24) is 19.9 Å². The number of hydrogen-bond donors (Lipinski definition) is 1. The highest BCUT2D eigenvalue weighted by atomic mass is 35.5. The Morgan fingerprint density at radius 3 is 2.65 bits per heavy atom. The Bertz CT molecular complexity index is 2250. The van der Waals surface area contributed by atoms with Crippen LogP contribution < -0.4 is 9.47 Å². The standard InChI is InChI=1S/C40H34ClN5O5/c1-25-30(5-4-6-32(25)29-8-9-36-34(17-29)45-39(51-36)28-10-12-43-13-11-28)24-50-38-18-37(49-23-27-15-26(19-42)20-44-21-27)31(16-33(38)41)22-46-14-3-2-7-35(46)40(47)48/h4-6,8-13,15-18,20-21,35H,2-3,7,14,22-24H2,1H3,(H,47,48)/t35-/m0/s1. The second-order valence-corrected chi connectivity index (χ2v) is 12.9. The number of carbonyl (C=O) groups is 1. The zero-order chi connectivity index (χ0) is 35.3. The molecular weight excluding hydrogens is 666 g/mol. The van der Waals surface area contributed by atoms with Gasteiger partial charge in [0, 0.05) is 54.1 Å². The van der Waals surface area contributed by atoms with Crippen molar-refractivity contribution in [2.45, 2.75) is 52.0 Å². The van der Waals surface area contributed by atoms with Gasteiger partial charge in [-0.25, -0.2) is 4.98 Å². The number of oxazole rings is 1. The lowest BCUT2D eigenvalue weighted by Gasteiger charge is -2.33. The molecule has 3 aromatic carbocycles. The number of pyridine rings is 2. The molecule has 1 saturated heterocycles. The molecule has 0 aliphatic carbocycles. The summed E-state index contributed by atoms with van der Waals surface area (Å²) in [7, 11) is 0. The number of hydrogen-bond acceptors (Lipinski definition) is 9. The number of fused-ring (bicyclic) bond motifs is 1. The van der Waals surface area contributed by atoms with E-state index in [0.29, 0.717) is 53.1 Å². The molecule has 0 radical (unpaired) electrons. The second kappa shape index (κ2) is 15.0. The van der Waals surface area contributed by atoms with Crippen molar-refractivity contribution in [2.75, 3.05) is 6.54 Å². The molecule has 7 rings (SSSR count). The highest BCUT2D eigenvalue weighted by Gasteiger charge is 2.29. The summed E-state index contributed by atoms with van der Waals surface area (Å²) in [6.45, 7) is 3.47. The molecule has 1 N–H and O–H groups in total. The highest BCUT2D eigenvalue weighted by Crippen LogP contribution is 2.37. The van der Waals surface area contributed by atoms with Crippen molar-refractivity contribution in [1.29, 1.82) is 5.26 Å². The predicted molar refractivity (Wildman–Crippen MR) is 192 cm³/mol. The SMILES string of the molecule is Cc1c(COc2cc(OCc3cncc(C#N)c3)c(CN3CCCC[C@H]3C(=O)O)cc2Cl)cccc1-c1ccc2oc(-c3ccncc3)nc2c1. The summed E-state index contributed by atoms with van der Waals surface area (Å²) in [4.78, 5) is 26.9. The number of aliphatic carboxylic acids is 1. The molecule has 1 atom stereocenters. The Kier molecular flexibility index (Phi) is 9.92. The van der Waals surface area contributed by atoms with E-state index in [1.54, 1.807) is 36.8 Å². The molecule has 10 nitrogen and oxygen atoms in total. The van der Waals surface area contributed by atoms with E-state index in [2.05, 4.69) is 29.0 Å². The fourth-order valence-electron chi connectivity index (χ4n) is 6.43. The van der Waals surface area contributed by atoms with Gasteiger partial charge in [-0.1, -0.05) is 42.3 Å². The first-order chi connectivity index (χ1) is 24.9. The summed E-state index contributed by atoms with van der Waals surface area (Å²) in [5.41, 5.74) is 8.30. The monoisotopic (exact) mass is 699 g/mol. The van der Waals surface area contributed by atoms with Crippen LogP contribution in [0.25, 0.3) is 33.7 Å². The minimum absolute atomic E-state index is 0.153. The van der Waals surface area contributed by atoms with E-state index in [4.69, 9.17) is 30.5 Å². The molecule has 256 valence electrons. The molecule has 1 fully saturated rings. The minimum atomic E-state index is -0.837. The number of likely N-dealkylation sites (tertiary alicyclic amines) is 1. The van der Waals surface area contributed by atoms with E-state index in [0.717, 1.165) is 57.3 Å². The minimum Gasteiger partial charge on any atom is -0.488 e. The normalized spacial score (nSPS) is 14.6. The molecule has 1 aliphatic rings. The number of benzene rings is 3. The van der Waals surface area contributed by atoms with E-state index in [9.17, 15) is 15.2 Å². The van der Waals surface area contributed by atoms with Gasteiger partial charge in [0.1, 0.15) is 42.3 Å². The van der Waals surface area contributed by atoms with E-state index in [-0.39, 0.29) is 13.2 Å². The van der Waals surface area contributed by atoms with Crippen molar-refractivity contribution < 1.29 is 23.8 Å². The van der Waals surface area contributed by atoms with Crippen LogP contribution in [0.2, 0.25) is 5.02 Å². The molecule has 0 saturated carbocycles. The van der Waals surface area contributed by atoms with E-state index in [1.165, 1.54) is 6.20 Å². The molecule has 51 heavy (non-hydrogen) atoms. The van der Waals surface area contributed by atoms with Crippen molar-refractivity contribution in [3.8, 4) is 40.1 Å². The molecule has 1 aliphatic heterocycles. The third kappa shape index (κ3) is 7.55. The molecule has 3 aromatic heterocycles. The van der Waals surface area contributed by atoms with Gasteiger partial charge in [0.15, 0.2) is 5.58 Å². The number of nitriles is 1. The average molecular weight is 700 g/mol. The lowest BCUT2D eigenvalue weighted by Crippen LogP contribution is -2.44. The largest absolute Gasteiger partial charge is 0.488 e. The van der Waals surface area contributed by atoms with Crippen LogP contribution in [0.4, 0.5) is 0 Å². The number of aromatic nitrogens is 3. The Morgan fingerprint density at radius 1 is 0.980 bits per heavy atom. The van der Waals surface area contributed by atoms with Gasteiger partial charge in [0.2, 0.25) is 5.89 Å². The molecule has 0 amide bonds. The Hall–Kier alpha value is -5.76. The first kappa shape index (κ1) is 33.7. The Balaban J connectivity index is 1.14. The number of halogens is 1. The molecule has 0 spiro atoms. The van der Waals surface area contributed by atoms with Crippen LogP contribution in [0.5, 0.6) is 11.5 Å². The molecular formula is C40H34ClN5O5. The summed E-state index contributed by atoms with van der Waals surface area (Å²) < 4.78 is 18.6. The third-order valence-corrected chi connectivity index (χ3v) is 9.46. The predicted octanol–water partition coefficient (Wildman–Crippen LogP) is 8.38. The summed E-state index contributed by atoms with van der Waals surface area (Å²) in [5.74, 6) is 0.657. The number of ether oxygens (including phenoxy) is 2. The van der Waals surface area contributed by atoms with Crippen molar-refractivity contribution in [3.63, 3.8) is 0 Å². The van der Waals surface area contributed by atoms with Crippen LogP contribution in [0.15, 0.2) is 95.9 Å². The Morgan fingerprint density at radius 2 is 1.82 bits per heavy atom.